The van der Waals surface area contributed by atoms with Crippen molar-refractivity contribution in [3.63, 3.8) is 0 Å². The monoisotopic (exact) mass is 391 g/mol. The van der Waals surface area contributed by atoms with Gasteiger partial charge in [-0.25, -0.2) is 0 Å². The second-order valence-corrected chi connectivity index (χ2v) is 7.15. The van der Waals surface area contributed by atoms with Gasteiger partial charge in [0.25, 0.3) is 5.91 Å². The predicted molar refractivity (Wildman–Crippen MR) is 115 cm³/mol. The summed E-state index contributed by atoms with van der Waals surface area (Å²) >= 11 is 0. The first-order chi connectivity index (χ1) is 14.1. The highest BCUT2D eigenvalue weighted by Gasteiger charge is 2.25. The van der Waals surface area contributed by atoms with Crippen molar-refractivity contribution in [1.29, 1.82) is 0 Å². The lowest BCUT2D eigenvalue weighted by Crippen LogP contribution is -2.49. The van der Waals surface area contributed by atoms with Crippen LogP contribution < -0.4 is 15.1 Å². The Hall–Kier alpha value is -3.28. The Bertz CT molecular complexity index is 1080. The predicted octanol–water partition coefficient (Wildman–Crippen LogP) is 2.99. The van der Waals surface area contributed by atoms with Gasteiger partial charge < -0.3 is 19.1 Å². The second kappa shape index (κ2) is 7.99. The van der Waals surface area contributed by atoms with E-state index in [0.29, 0.717) is 25.0 Å². The minimum Gasteiger partial charge on any atom is -0.497 e. The van der Waals surface area contributed by atoms with Crippen LogP contribution in [0.4, 0.5) is 5.69 Å². The summed E-state index contributed by atoms with van der Waals surface area (Å²) in [5.74, 6) is 0.642. The number of benzene rings is 2. The molecular formula is C23H25N3O3. The number of amides is 1. The summed E-state index contributed by atoms with van der Waals surface area (Å²) in [7, 11) is 1.65. The largest absolute Gasteiger partial charge is 0.497 e. The summed E-state index contributed by atoms with van der Waals surface area (Å²) in [6.07, 6.45) is 1.71. The standard InChI is InChI=1S/C23H25N3O3/c1-3-24-16-20(22(27)19-6-4-5-7-21(19)24)23(28)26-14-12-25(13-15-26)17-8-10-18(29-2)11-9-17/h4-11,16H,3,12-15H2,1-2H3. The molecule has 0 saturated carbocycles. The average Bonchev–Trinajstić information content (AvgIpc) is 2.79. The number of aryl methyl sites for hydroxylation is 1. The first-order valence-corrected chi connectivity index (χ1v) is 9.93. The van der Waals surface area contributed by atoms with Gasteiger partial charge in [-0.1, -0.05) is 12.1 Å². The van der Waals surface area contributed by atoms with E-state index in [1.54, 1.807) is 24.3 Å². The van der Waals surface area contributed by atoms with Gasteiger partial charge in [-0.15, -0.1) is 0 Å². The van der Waals surface area contributed by atoms with Crippen LogP contribution >= 0.6 is 0 Å². The van der Waals surface area contributed by atoms with E-state index in [9.17, 15) is 9.59 Å². The number of hydrogen-bond acceptors (Lipinski definition) is 4. The lowest BCUT2D eigenvalue weighted by Gasteiger charge is -2.36. The highest BCUT2D eigenvalue weighted by molar-refractivity contribution is 5.97. The Morgan fingerprint density at radius 3 is 2.34 bits per heavy atom. The van der Waals surface area contributed by atoms with E-state index < -0.39 is 0 Å². The fraction of sp³-hybridized carbons (Fsp3) is 0.304. The van der Waals surface area contributed by atoms with Crippen molar-refractivity contribution in [3.8, 4) is 5.75 Å². The number of rotatable bonds is 4. The van der Waals surface area contributed by atoms with Gasteiger partial charge in [-0.05, 0) is 43.3 Å². The Balaban J connectivity index is 1.54. The zero-order valence-electron chi connectivity index (χ0n) is 16.8. The zero-order valence-corrected chi connectivity index (χ0v) is 16.8. The molecule has 0 N–H and O–H groups in total. The molecule has 2 aromatic carbocycles. The lowest BCUT2D eigenvalue weighted by atomic mass is 10.1. The van der Waals surface area contributed by atoms with E-state index >= 15 is 0 Å². The first-order valence-electron chi connectivity index (χ1n) is 9.93. The fourth-order valence-electron chi connectivity index (χ4n) is 3.89. The van der Waals surface area contributed by atoms with Crippen LogP contribution in [0.2, 0.25) is 0 Å². The average molecular weight is 391 g/mol. The van der Waals surface area contributed by atoms with E-state index in [4.69, 9.17) is 4.74 Å². The molecule has 1 saturated heterocycles. The number of piperazine rings is 1. The Morgan fingerprint density at radius 1 is 1.00 bits per heavy atom. The molecule has 0 aliphatic carbocycles. The van der Waals surface area contributed by atoms with Crippen LogP contribution in [0.3, 0.4) is 0 Å². The third-order valence-corrected chi connectivity index (χ3v) is 5.56. The number of aromatic nitrogens is 1. The highest BCUT2D eigenvalue weighted by atomic mass is 16.5. The van der Waals surface area contributed by atoms with Crippen molar-refractivity contribution in [2.45, 2.75) is 13.5 Å². The molecule has 29 heavy (non-hydrogen) atoms. The zero-order chi connectivity index (χ0) is 20.4. The van der Waals surface area contributed by atoms with Gasteiger partial charge in [0.05, 0.1) is 12.6 Å². The third-order valence-electron chi connectivity index (χ3n) is 5.56. The first kappa shape index (κ1) is 19.1. The summed E-state index contributed by atoms with van der Waals surface area (Å²) in [6, 6.07) is 15.4. The van der Waals surface area contributed by atoms with E-state index in [1.807, 2.05) is 54.0 Å². The van der Waals surface area contributed by atoms with Gasteiger partial charge in [0, 0.05) is 50.0 Å². The molecule has 4 rings (SSSR count). The van der Waals surface area contributed by atoms with Crippen molar-refractivity contribution < 1.29 is 9.53 Å². The van der Waals surface area contributed by atoms with Crippen molar-refractivity contribution in [2.75, 3.05) is 38.2 Å². The van der Waals surface area contributed by atoms with Gasteiger partial charge in [0.1, 0.15) is 11.3 Å². The number of carbonyl (C=O) groups excluding carboxylic acids is 1. The number of ether oxygens (including phenoxy) is 1. The number of methoxy groups -OCH3 is 1. The molecule has 6 nitrogen and oxygen atoms in total. The summed E-state index contributed by atoms with van der Waals surface area (Å²) in [5, 5.41) is 0.595. The Kier molecular flexibility index (Phi) is 5.25. The molecule has 0 radical (unpaired) electrons. The van der Waals surface area contributed by atoms with Gasteiger partial charge in [-0.3, -0.25) is 9.59 Å². The highest BCUT2D eigenvalue weighted by Crippen LogP contribution is 2.21. The van der Waals surface area contributed by atoms with E-state index in [1.165, 1.54) is 0 Å². The van der Waals surface area contributed by atoms with Crippen LogP contribution in [-0.2, 0) is 6.54 Å². The van der Waals surface area contributed by atoms with E-state index in [2.05, 4.69) is 4.90 Å². The SMILES string of the molecule is CCn1cc(C(=O)N2CCN(c3ccc(OC)cc3)CC2)c(=O)c2ccccc21. The number of carbonyl (C=O) groups is 1. The third kappa shape index (κ3) is 3.58. The molecule has 2 heterocycles. The van der Waals surface area contributed by atoms with Crippen LogP contribution in [0.5, 0.6) is 5.75 Å². The molecule has 1 aromatic heterocycles. The molecule has 0 unspecified atom stereocenters. The van der Waals surface area contributed by atoms with Crippen LogP contribution in [0, 0.1) is 0 Å². The quantitative estimate of drug-likeness (QED) is 0.686. The maximum atomic E-state index is 13.1. The fourth-order valence-corrected chi connectivity index (χ4v) is 3.89. The topological polar surface area (TPSA) is 54.8 Å². The van der Waals surface area contributed by atoms with Crippen LogP contribution in [0.25, 0.3) is 10.9 Å². The smallest absolute Gasteiger partial charge is 0.259 e. The number of para-hydroxylation sites is 1. The molecule has 1 aliphatic rings. The lowest BCUT2D eigenvalue weighted by molar-refractivity contribution is 0.0745. The Morgan fingerprint density at radius 2 is 1.69 bits per heavy atom. The number of hydrogen-bond donors (Lipinski definition) is 0. The molecule has 0 atom stereocenters. The van der Waals surface area contributed by atoms with Crippen molar-refractivity contribution in [1.82, 2.24) is 9.47 Å². The Labute approximate surface area is 169 Å². The summed E-state index contributed by atoms with van der Waals surface area (Å²) in [6.45, 7) is 5.35. The molecule has 0 spiro atoms. The van der Waals surface area contributed by atoms with Crippen LogP contribution in [0.15, 0.2) is 59.5 Å². The van der Waals surface area contributed by atoms with E-state index in [0.717, 1.165) is 30.0 Å². The van der Waals surface area contributed by atoms with Crippen LogP contribution in [-0.4, -0.2) is 48.7 Å². The van der Waals surface area contributed by atoms with Gasteiger partial charge in [0.15, 0.2) is 0 Å². The minimum absolute atomic E-state index is 0.183. The summed E-state index contributed by atoms with van der Waals surface area (Å²) in [5.41, 5.74) is 2.04. The molecular weight excluding hydrogens is 366 g/mol. The molecule has 1 fully saturated rings. The van der Waals surface area contributed by atoms with Crippen molar-refractivity contribution >= 4 is 22.5 Å². The normalized spacial score (nSPS) is 14.3. The van der Waals surface area contributed by atoms with Crippen molar-refractivity contribution in [2.24, 2.45) is 0 Å². The summed E-state index contributed by atoms with van der Waals surface area (Å²) < 4.78 is 7.18. The van der Waals surface area contributed by atoms with Crippen LogP contribution in [0.1, 0.15) is 17.3 Å². The molecule has 1 aliphatic heterocycles. The molecule has 150 valence electrons. The summed E-state index contributed by atoms with van der Waals surface area (Å²) in [4.78, 5) is 30.1. The van der Waals surface area contributed by atoms with Gasteiger partial charge in [-0.2, -0.15) is 0 Å². The van der Waals surface area contributed by atoms with Gasteiger partial charge in [0.2, 0.25) is 5.43 Å². The van der Waals surface area contributed by atoms with Gasteiger partial charge >= 0.3 is 0 Å². The number of pyridine rings is 1. The molecule has 0 bridgehead atoms. The maximum absolute atomic E-state index is 13.1. The van der Waals surface area contributed by atoms with E-state index in [-0.39, 0.29) is 16.9 Å². The maximum Gasteiger partial charge on any atom is 0.259 e. The molecule has 1 amide bonds. The molecule has 3 aromatic rings. The second-order valence-electron chi connectivity index (χ2n) is 7.15. The number of nitrogens with zero attached hydrogens (tertiary/aromatic N) is 3. The number of anilines is 1. The molecule has 6 heteroatoms. The van der Waals surface area contributed by atoms with Crippen molar-refractivity contribution in [3.05, 3.63) is 70.5 Å². The minimum atomic E-state index is -0.187. The number of fused-ring (bicyclic) bond motifs is 1.